The summed E-state index contributed by atoms with van der Waals surface area (Å²) in [6.07, 6.45) is 5.27. The quantitative estimate of drug-likeness (QED) is 0.272. The molecule has 1 amide bonds. The van der Waals surface area contributed by atoms with Gasteiger partial charge in [-0.05, 0) is 56.2 Å². The number of amides is 1. The summed E-state index contributed by atoms with van der Waals surface area (Å²) < 4.78 is 36.1. The highest BCUT2D eigenvalue weighted by Gasteiger charge is 2.34. The molecule has 3 N–H and O–H groups in total. The first kappa shape index (κ1) is 30.4. The average molecular weight is 617 g/mol. The smallest absolute Gasteiger partial charge is 0.254 e. The lowest BCUT2D eigenvalue weighted by Gasteiger charge is -2.36. The Morgan fingerprint density at radius 2 is 2.00 bits per heavy atom. The molecule has 45 heavy (non-hydrogen) atoms. The molecule has 0 spiro atoms. The van der Waals surface area contributed by atoms with Gasteiger partial charge in [0, 0.05) is 74.5 Å². The molecule has 2 fully saturated rings. The standard InChI is InChI=1S/C32H34F2N8O3/c1-20-15-21(3-4-23(20)31(43)41-12-10-40(11-13-41)18-22-16-32(2,44)19-38-22)39-29-30-37-17-25(42(30)9-8-36-29)24-5-6-26(45-14-7-35)28(34)27(24)33/h3-6,8-9,15,17,22,38,44H,10-14,16,18-19H2,1-2H3,(H,36,39)/t22?,32-/m0/s1. The van der Waals surface area contributed by atoms with Gasteiger partial charge in [-0.2, -0.15) is 9.65 Å². The summed E-state index contributed by atoms with van der Waals surface area (Å²) in [5.41, 5.74) is 2.13. The van der Waals surface area contributed by atoms with Crippen molar-refractivity contribution in [3.8, 4) is 23.1 Å². The number of β-amino-alcohol motifs (C(OH)–C–C–N with tert-alkyl or cyclic N) is 1. The SMILES string of the molecule is Cc1cc(Nc2nccn3c(-c4ccc(OCC#N)c(F)c4F)cnc23)ccc1C(=O)N1CCN(CC2C[C@](C)(O)CN2)CC1. The molecule has 2 atom stereocenters. The predicted octanol–water partition coefficient (Wildman–Crippen LogP) is 3.50. The Balaban J connectivity index is 1.13. The normalized spacial score (nSPS) is 20.4. The van der Waals surface area contributed by atoms with Crippen LogP contribution in [0.3, 0.4) is 0 Å². The largest absolute Gasteiger partial charge is 0.476 e. The number of imidazole rings is 1. The van der Waals surface area contributed by atoms with E-state index in [9.17, 15) is 18.7 Å². The number of carbonyl (C=O) groups is 1. The van der Waals surface area contributed by atoms with Crippen LogP contribution >= 0.6 is 0 Å². The van der Waals surface area contributed by atoms with Gasteiger partial charge in [0.25, 0.3) is 5.91 Å². The van der Waals surface area contributed by atoms with Crippen molar-refractivity contribution in [2.45, 2.75) is 31.9 Å². The minimum Gasteiger partial charge on any atom is -0.476 e. The van der Waals surface area contributed by atoms with Gasteiger partial charge in [0.05, 0.1) is 17.5 Å². The first-order valence-electron chi connectivity index (χ1n) is 14.8. The van der Waals surface area contributed by atoms with E-state index in [0.29, 0.717) is 48.0 Å². The highest BCUT2D eigenvalue weighted by atomic mass is 19.2. The van der Waals surface area contributed by atoms with Crippen molar-refractivity contribution in [1.29, 1.82) is 5.26 Å². The molecule has 2 aromatic carbocycles. The van der Waals surface area contributed by atoms with Crippen LogP contribution in [0.4, 0.5) is 20.3 Å². The second kappa shape index (κ2) is 12.4. The van der Waals surface area contributed by atoms with Crippen LogP contribution in [0.25, 0.3) is 16.9 Å². The second-order valence-electron chi connectivity index (χ2n) is 11.8. The summed E-state index contributed by atoms with van der Waals surface area (Å²) in [7, 11) is 0. The molecule has 2 aliphatic heterocycles. The van der Waals surface area contributed by atoms with E-state index < -0.39 is 23.8 Å². The molecular weight excluding hydrogens is 582 g/mol. The molecule has 4 heterocycles. The van der Waals surface area contributed by atoms with Gasteiger partial charge in [0.1, 0.15) is 6.07 Å². The molecule has 0 radical (unpaired) electrons. The van der Waals surface area contributed by atoms with Gasteiger partial charge in [-0.25, -0.2) is 14.4 Å². The fourth-order valence-corrected chi connectivity index (χ4v) is 6.06. The number of piperazine rings is 1. The summed E-state index contributed by atoms with van der Waals surface area (Å²) >= 11 is 0. The van der Waals surface area contributed by atoms with Gasteiger partial charge < -0.3 is 25.4 Å². The van der Waals surface area contributed by atoms with Crippen LogP contribution < -0.4 is 15.4 Å². The van der Waals surface area contributed by atoms with Crippen molar-refractivity contribution < 1.29 is 23.4 Å². The molecule has 6 rings (SSSR count). The zero-order chi connectivity index (χ0) is 31.7. The summed E-state index contributed by atoms with van der Waals surface area (Å²) in [5, 5.41) is 25.5. The predicted molar refractivity (Wildman–Crippen MR) is 163 cm³/mol. The van der Waals surface area contributed by atoms with E-state index in [4.69, 9.17) is 10.00 Å². The molecule has 0 aliphatic carbocycles. The van der Waals surface area contributed by atoms with Crippen LogP contribution in [0.2, 0.25) is 0 Å². The number of hydrogen-bond acceptors (Lipinski definition) is 9. The summed E-state index contributed by atoms with van der Waals surface area (Å²) in [4.78, 5) is 26.4. The van der Waals surface area contributed by atoms with Gasteiger partial charge in [-0.15, -0.1) is 0 Å². The Bertz CT molecular complexity index is 1780. The van der Waals surface area contributed by atoms with Crippen LogP contribution in [-0.4, -0.2) is 92.7 Å². The highest BCUT2D eigenvalue weighted by molar-refractivity contribution is 5.96. The Morgan fingerprint density at radius 1 is 1.20 bits per heavy atom. The van der Waals surface area contributed by atoms with Crippen molar-refractivity contribution >= 4 is 23.1 Å². The van der Waals surface area contributed by atoms with E-state index in [1.165, 1.54) is 24.5 Å². The molecule has 0 saturated carbocycles. The van der Waals surface area contributed by atoms with Gasteiger partial charge >= 0.3 is 0 Å². The fraction of sp³-hybridized carbons (Fsp3) is 0.375. The molecule has 11 nitrogen and oxygen atoms in total. The number of fused-ring (bicyclic) bond motifs is 1. The number of nitrogens with zero attached hydrogens (tertiary/aromatic N) is 6. The average Bonchev–Trinajstić information content (AvgIpc) is 3.61. The molecule has 234 valence electrons. The maximum Gasteiger partial charge on any atom is 0.254 e. The lowest BCUT2D eigenvalue weighted by molar-refractivity contribution is 0.0609. The topological polar surface area (TPSA) is 131 Å². The first-order chi connectivity index (χ1) is 21.6. The molecule has 2 aromatic heterocycles. The van der Waals surface area contributed by atoms with Crippen LogP contribution in [0.15, 0.2) is 48.9 Å². The van der Waals surface area contributed by atoms with Gasteiger partial charge in [0.2, 0.25) is 5.82 Å². The molecule has 4 aromatic rings. The van der Waals surface area contributed by atoms with E-state index >= 15 is 0 Å². The fourth-order valence-electron chi connectivity index (χ4n) is 6.06. The van der Waals surface area contributed by atoms with Crippen LogP contribution in [0, 0.1) is 29.9 Å². The van der Waals surface area contributed by atoms with Gasteiger partial charge in [-0.1, -0.05) is 0 Å². The number of hydrogen-bond donors (Lipinski definition) is 3. The second-order valence-corrected chi connectivity index (χ2v) is 11.8. The molecule has 1 unspecified atom stereocenters. The summed E-state index contributed by atoms with van der Waals surface area (Å²) in [5.74, 6) is -2.27. The first-order valence-corrected chi connectivity index (χ1v) is 14.8. The Labute approximate surface area is 259 Å². The number of nitriles is 1. The number of carbonyl (C=O) groups excluding carboxylic acids is 1. The van der Waals surface area contributed by atoms with E-state index in [-0.39, 0.29) is 23.3 Å². The van der Waals surface area contributed by atoms with E-state index in [1.54, 1.807) is 28.8 Å². The summed E-state index contributed by atoms with van der Waals surface area (Å²) in [6.45, 7) is 7.63. The zero-order valence-corrected chi connectivity index (χ0v) is 25.1. The Hall–Kier alpha value is -4.64. The van der Waals surface area contributed by atoms with Crippen molar-refractivity contribution in [2.24, 2.45) is 0 Å². The maximum absolute atomic E-state index is 15.0. The van der Waals surface area contributed by atoms with Crippen molar-refractivity contribution in [3.05, 3.63) is 71.7 Å². The van der Waals surface area contributed by atoms with Crippen molar-refractivity contribution in [2.75, 3.05) is 51.2 Å². The van der Waals surface area contributed by atoms with Gasteiger partial charge in [0.15, 0.2) is 29.6 Å². The third-order valence-corrected chi connectivity index (χ3v) is 8.36. The number of aliphatic hydroxyl groups is 1. The number of halogens is 2. The summed E-state index contributed by atoms with van der Waals surface area (Å²) in [6, 6.07) is 10.1. The van der Waals surface area contributed by atoms with E-state index in [0.717, 1.165) is 31.6 Å². The minimum atomic E-state index is -1.19. The Kier molecular flexibility index (Phi) is 8.37. The molecule has 2 aliphatic rings. The third kappa shape index (κ3) is 6.30. The Morgan fingerprint density at radius 3 is 2.71 bits per heavy atom. The van der Waals surface area contributed by atoms with Gasteiger partial charge in [-0.3, -0.25) is 14.1 Å². The number of ether oxygens (including phenoxy) is 1. The van der Waals surface area contributed by atoms with Crippen LogP contribution in [0.5, 0.6) is 5.75 Å². The lowest BCUT2D eigenvalue weighted by atomic mass is 10.0. The zero-order valence-electron chi connectivity index (χ0n) is 25.1. The number of anilines is 2. The van der Waals surface area contributed by atoms with E-state index in [1.807, 2.05) is 24.8 Å². The number of rotatable bonds is 8. The number of aromatic nitrogens is 3. The molecule has 2 saturated heterocycles. The number of nitrogens with one attached hydrogen (secondary N) is 2. The molecule has 0 bridgehead atoms. The lowest BCUT2D eigenvalue weighted by Crippen LogP contribution is -2.51. The monoisotopic (exact) mass is 616 g/mol. The minimum absolute atomic E-state index is 0.0166. The third-order valence-electron chi connectivity index (χ3n) is 8.36. The van der Waals surface area contributed by atoms with Crippen molar-refractivity contribution in [3.63, 3.8) is 0 Å². The maximum atomic E-state index is 15.0. The van der Waals surface area contributed by atoms with Crippen LogP contribution in [-0.2, 0) is 0 Å². The number of aryl methyl sites for hydroxylation is 1. The van der Waals surface area contributed by atoms with Crippen molar-refractivity contribution in [1.82, 2.24) is 29.5 Å². The number of benzene rings is 2. The molecular formula is C32H34F2N8O3. The van der Waals surface area contributed by atoms with E-state index in [2.05, 4.69) is 25.5 Å². The molecule has 13 heteroatoms. The highest BCUT2D eigenvalue weighted by Crippen LogP contribution is 2.32. The van der Waals surface area contributed by atoms with Crippen LogP contribution in [0.1, 0.15) is 29.3 Å².